The Morgan fingerprint density at radius 3 is 2.50 bits per heavy atom. The normalized spacial score (nSPS) is 10.2. The number of para-hydroxylation sites is 2. The molecule has 1 aromatic heterocycles. The zero-order chi connectivity index (χ0) is 15.4. The van der Waals surface area contributed by atoms with E-state index in [1.165, 1.54) is 11.3 Å². The van der Waals surface area contributed by atoms with E-state index in [-0.39, 0.29) is 5.91 Å². The quantitative estimate of drug-likeness (QED) is 0.748. The van der Waals surface area contributed by atoms with Crippen LogP contribution in [-0.2, 0) is 0 Å². The van der Waals surface area contributed by atoms with Crippen LogP contribution in [0.15, 0.2) is 60.8 Å². The van der Waals surface area contributed by atoms with E-state index in [1.54, 1.807) is 12.3 Å². The largest absolute Gasteiger partial charge is 0.355 e. The Morgan fingerprint density at radius 2 is 1.77 bits per heavy atom. The molecule has 0 aliphatic carbocycles. The second-order valence-corrected chi connectivity index (χ2v) is 6.00. The molecule has 1 amide bonds. The molecular formula is C17H15N3OS. The van der Waals surface area contributed by atoms with E-state index in [4.69, 9.17) is 0 Å². The molecular weight excluding hydrogens is 294 g/mol. The lowest BCUT2D eigenvalue weighted by Gasteiger charge is -2.11. The molecule has 2 N–H and O–H groups in total. The van der Waals surface area contributed by atoms with E-state index >= 15 is 0 Å². The molecule has 0 saturated carbocycles. The van der Waals surface area contributed by atoms with E-state index < -0.39 is 0 Å². The molecule has 0 radical (unpaired) electrons. The maximum atomic E-state index is 12.4. The van der Waals surface area contributed by atoms with Crippen LogP contribution in [0.2, 0.25) is 0 Å². The van der Waals surface area contributed by atoms with Crippen molar-refractivity contribution in [3.8, 4) is 0 Å². The van der Waals surface area contributed by atoms with Crippen molar-refractivity contribution >= 4 is 33.8 Å². The predicted molar refractivity (Wildman–Crippen MR) is 91.0 cm³/mol. The van der Waals surface area contributed by atoms with Gasteiger partial charge in [-0.2, -0.15) is 0 Å². The Morgan fingerprint density at radius 1 is 1.05 bits per heavy atom. The Bertz CT molecular complexity index is 783. The van der Waals surface area contributed by atoms with Crippen LogP contribution >= 0.6 is 11.3 Å². The second-order valence-electron chi connectivity index (χ2n) is 4.77. The number of hydrogen-bond acceptors (Lipinski definition) is 4. The number of rotatable bonds is 4. The summed E-state index contributed by atoms with van der Waals surface area (Å²) in [6.45, 7) is 1.96. The fourth-order valence-electron chi connectivity index (χ4n) is 2.04. The maximum Gasteiger partial charge on any atom is 0.259 e. The molecule has 3 rings (SSSR count). The number of aromatic nitrogens is 1. The number of anilines is 3. The molecule has 1 heterocycles. The standard InChI is InChI=1S/C17H15N3OS/c1-12-11-18-17(22-12)20-16(21)14-9-5-6-10-15(14)19-13-7-3-2-4-8-13/h2-11,19H,1H3,(H,18,20,21). The summed E-state index contributed by atoms with van der Waals surface area (Å²) in [4.78, 5) is 17.7. The summed E-state index contributed by atoms with van der Waals surface area (Å²) in [5.41, 5.74) is 2.28. The molecule has 0 atom stereocenters. The van der Waals surface area contributed by atoms with Crippen LogP contribution in [0.4, 0.5) is 16.5 Å². The number of amides is 1. The van der Waals surface area contributed by atoms with Gasteiger partial charge in [-0.15, -0.1) is 11.3 Å². The van der Waals surface area contributed by atoms with Crippen molar-refractivity contribution < 1.29 is 4.79 Å². The fourth-order valence-corrected chi connectivity index (χ4v) is 2.70. The number of nitrogens with zero attached hydrogens (tertiary/aromatic N) is 1. The third-order valence-electron chi connectivity index (χ3n) is 3.07. The van der Waals surface area contributed by atoms with Crippen molar-refractivity contribution in [3.05, 3.63) is 71.2 Å². The van der Waals surface area contributed by atoms with Gasteiger partial charge in [0.15, 0.2) is 5.13 Å². The number of aryl methyl sites for hydroxylation is 1. The first-order valence-electron chi connectivity index (χ1n) is 6.87. The minimum atomic E-state index is -0.173. The summed E-state index contributed by atoms with van der Waals surface area (Å²) in [6, 6.07) is 17.2. The number of nitrogens with one attached hydrogen (secondary N) is 2. The highest BCUT2D eigenvalue weighted by Crippen LogP contribution is 2.23. The molecule has 2 aromatic carbocycles. The maximum absolute atomic E-state index is 12.4. The molecule has 22 heavy (non-hydrogen) atoms. The average molecular weight is 309 g/mol. The molecule has 0 unspecified atom stereocenters. The summed E-state index contributed by atoms with van der Waals surface area (Å²) >= 11 is 1.46. The average Bonchev–Trinajstić information content (AvgIpc) is 2.94. The first-order valence-corrected chi connectivity index (χ1v) is 7.69. The van der Waals surface area contributed by atoms with Crippen LogP contribution in [0, 0.1) is 6.92 Å². The highest BCUT2D eigenvalue weighted by Gasteiger charge is 2.12. The highest BCUT2D eigenvalue weighted by molar-refractivity contribution is 7.15. The van der Waals surface area contributed by atoms with Gasteiger partial charge >= 0.3 is 0 Å². The summed E-state index contributed by atoms with van der Waals surface area (Å²) in [6.07, 6.45) is 1.74. The summed E-state index contributed by atoms with van der Waals surface area (Å²) in [5.74, 6) is -0.173. The molecule has 4 nitrogen and oxygen atoms in total. The number of thiazole rings is 1. The monoisotopic (exact) mass is 309 g/mol. The number of carbonyl (C=O) groups is 1. The van der Waals surface area contributed by atoms with Crippen molar-refractivity contribution in [2.24, 2.45) is 0 Å². The third kappa shape index (κ3) is 3.32. The van der Waals surface area contributed by atoms with Crippen LogP contribution in [-0.4, -0.2) is 10.9 Å². The van der Waals surface area contributed by atoms with Gasteiger partial charge < -0.3 is 5.32 Å². The van der Waals surface area contributed by atoms with Crippen LogP contribution in [0.1, 0.15) is 15.2 Å². The van der Waals surface area contributed by atoms with Gasteiger partial charge in [0.1, 0.15) is 0 Å². The zero-order valence-corrected chi connectivity index (χ0v) is 12.9. The van der Waals surface area contributed by atoms with E-state index in [9.17, 15) is 4.79 Å². The predicted octanol–water partition coefficient (Wildman–Crippen LogP) is 4.45. The van der Waals surface area contributed by atoms with E-state index in [1.807, 2.05) is 55.5 Å². The molecule has 0 spiro atoms. The Kier molecular flexibility index (Phi) is 4.16. The van der Waals surface area contributed by atoms with Crippen LogP contribution in [0.25, 0.3) is 0 Å². The van der Waals surface area contributed by atoms with E-state index in [2.05, 4.69) is 15.6 Å². The first kappa shape index (κ1) is 14.3. The van der Waals surface area contributed by atoms with Gasteiger partial charge in [-0.1, -0.05) is 30.3 Å². The minimum absolute atomic E-state index is 0.173. The minimum Gasteiger partial charge on any atom is -0.355 e. The molecule has 0 fully saturated rings. The Labute approximate surface area is 132 Å². The molecule has 110 valence electrons. The number of benzene rings is 2. The fraction of sp³-hybridized carbons (Fsp3) is 0.0588. The van der Waals surface area contributed by atoms with Crippen LogP contribution < -0.4 is 10.6 Å². The van der Waals surface area contributed by atoms with Gasteiger partial charge in [0, 0.05) is 16.8 Å². The van der Waals surface area contributed by atoms with Gasteiger partial charge in [0.05, 0.1) is 11.3 Å². The van der Waals surface area contributed by atoms with Crippen molar-refractivity contribution in [2.45, 2.75) is 6.92 Å². The molecule has 0 bridgehead atoms. The van der Waals surface area contributed by atoms with Gasteiger partial charge in [-0.25, -0.2) is 4.98 Å². The first-order chi connectivity index (χ1) is 10.7. The van der Waals surface area contributed by atoms with Gasteiger partial charge in [0.25, 0.3) is 5.91 Å². The van der Waals surface area contributed by atoms with Gasteiger partial charge in [-0.05, 0) is 31.2 Å². The number of hydrogen-bond donors (Lipinski definition) is 2. The van der Waals surface area contributed by atoms with Crippen molar-refractivity contribution in [1.82, 2.24) is 4.98 Å². The lowest BCUT2D eigenvalue weighted by atomic mass is 10.1. The lowest BCUT2D eigenvalue weighted by molar-refractivity contribution is 0.102. The summed E-state index contributed by atoms with van der Waals surface area (Å²) in [7, 11) is 0. The molecule has 0 aliphatic heterocycles. The van der Waals surface area contributed by atoms with Crippen molar-refractivity contribution in [1.29, 1.82) is 0 Å². The lowest BCUT2D eigenvalue weighted by Crippen LogP contribution is -2.13. The summed E-state index contributed by atoms with van der Waals surface area (Å²) in [5, 5.41) is 6.71. The van der Waals surface area contributed by atoms with Crippen LogP contribution in [0.3, 0.4) is 0 Å². The number of carbonyl (C=O) groups excluding carboxylic acids is 1. The van der Waals surface area contributed by atoms with E-state index in [0.717, 1.165) is 16.3 Å². The molecule has 3 aromatic rings. The van der Waals surface area contributed by atoms with Crippen LogP contribution in [0.5, 0.6) is 0 Å². The SMILES string of the molecule is Cc1cnc(NC(=O)c2ccccc2Nc2ccccc2)s1. The Balaban J connectivity index is 1.83. The molecule has 0 aliphatic rings. The van der Waals surface area contributed by atoms with Crippen molar-refractivity contribution in [2.75, 3.05) is 10.6 Å². The van der Waals surface area contributed by atoms with E-state index in [0.29, 0.717) is 10.7 Å². The van der Waals surface area contributed by atoms with Gasteiger partial charge in [-0.3, -0.25) is 10.1 Å². The Hall–Kier alpha value is -2.66. The molecule has 5 heteroatoms. The topological polar surface area (TPSA) is 54.0 Å². The van der Waals surface area contributed by atoms with Gasteiger partial charge in [0.2, 0.25) is 0 Å². The third-order valence-corrected chi connectivity index (χ3v) is 3.89. The van der Waals surface area contributed by atoms with Crippen molar-refractivity contribution in [3.63, 3.8) is 0 Å². The zero-order valence-electron chi connectivity index (χ0n) is 12.0. The smallest absolute Gasteiger partial charge is 0.259 e. The summed E-state index contributed by atoms with van der Waals surface area (Å²) < 4.78 is 0. The second kappa shape index (κ2) is 6.41. The highest BCUT2D eigenvalue weighted by atomic mass is 32.1. The molecule has 0 saturated heterocycles.